The van der Waals surface area contributed by atoms with Crippen LogP contribution in [0.2, 0.25) is 0 Å². The lowest BCUT2D eigenvalue weighted by atomic mass is 10.1. The minimum absolute atomic E-state index is 0.509. The smallest absolute Gasteiger partial charge is 0.123 e. The molecule has 0 atom stereocenters. The molecule has 3 heteroatoms. The summed E-state index contributed by atoms with van der Waals surface area (Å²) in [6.45, 7) is 5.10. The van der Waals surface area contributed by atoms with E-state index in [2.05, 4.69) is 43.1 Å². The van der Waals surface area contributed by atoms with Gasteiger partial charge in [-0.1, -0.05) is 48.0 Å². The fourth-order valence-corrected chi connectivity index (χ4v) is 2.21. The Morgan fingerprint density at radius 3 is 2.48 bits per heavy atom. The molecule has 0 saturated heterocycles. The molecule has 0 fully saturated rings. The summed E-state index contributed by atoms with van der Waals surface area (Å²) in [7, 11) is 2.11. The van der Waals surface area contributed by atoms with Crippen LogP contribution in [0, 0.1) is 6.92 Å². The molecular formula is C18H24N2O. The monoisotopic (exact) mass is 284 g/mol. The Hall–Kier alpha value is -1.84. The molecule has 112 valence electrons. The average Bonchev–Trinajstić information content (AvgIpc) is 2.50. The lowest BCUT2D eigenvalue weighted by molar-refractivity contribution is 0.231. The zero-order valence-electron chi connectivity index (χ0n) is 12.9. The van der Waals surface area contributed by atoms with Crippen molar-refractivity contribution in [3.05, 3.63) is 65.2 Å². The minimum Gasteiger partial charge on any atom is -0.492 e. The predicted molar refractivity (Wildman–Crippen MR) is 87.3 cm³/mol. The first-order valence-corrected chi connectivity index (χ1v) is 7.34. The molecule has 2 N–H and O–H groups in total. The van der Waals surface area contributed by atoms with Crippen molar-refractivity contribution in [1.82, 2.24) is 4.90 Å². The summed E-state index contributed by atoms with van der Waals surface area (Å²) in [4.78, 5) is 2.26. The fourth-order valence-electron chi connectivity index (χ4n) is 2.21. The van der Waals surface area contributed by atoms with Crippen LogP contribution in [-0.4, -0.2) is 25.1 Å². The molecule has 0 aliphatic heterocycles. The van der Waals surface area contributed by atoms with Crippen LogP contribution in [0.15, 0.2) is 48.5 Å². The van der Waals surface area contributed by atoms with Gasteiger partial charge in [0.05, 0.1) is 0 Å². The van der Waals surface area contributed by atoms with Crippen molar-refractivity contribution >= 4 is 0 Å². The minimum atomic E-state index is 0.509. The van der Waals surface area contributed by atoms with Crippen molar-refractivity contribution in [2.75, 3.05) is 20.2 Å². The largest absolute Gasteiger partial charge is 0.492 e. The number of hydrogen-bond acceptors (Lipinski definition) is 3. The Morgan fingerprint density at radius 2 is 1.76 bits per heavy atom. The number of aryl methyl sites for hydroxylation is 1. The van der Waals surface area contributed by atoms with Crippen LogP contribution in [0.25, 0.3) is 0 Å². The average molecular weight is 284 g/mol. The zero-order valence-corrected chi connectivity index (χ0v) is 12.9. The Morgan fingerprint density at radius 1 is 1.05 bits per heavy atom. The number of para-hydroxylation sites is 1. The summed E-state index contributed by atoms with van der Waals surface area (Å²) >= 11 is 0. The Bertz CT molecular complexity index is 551. The van der Waals surface area contributed by atoms with Crippen molar-refractivity contribution in [1.29, 1.82) is 0 Å². The first-order chi connectivity index (χ1) is 10.2. The van der Waals surface area contributed by atoms with E-state index in [9.17, 15) is 0 Å². The first-order valence-electron chi connectivity index (χ1n) is 7.34. The van der Waals surface area contributed by atoms with Gasteiger partial charge in [-0.15, -0.1) is 0 Å². The molecule has 0 saturated carbocycles. The van der Waals surface area contributed by atoms with Gasteiger partial charge < -0.3 is 10.5 Å². The molecule has 0 aliphatic carbocycles. The molecular weight excluding hydrogens is 260 g/mol. The topological polar surface area (TPSA) is 38.5 Å². The maximum Gasteiger partial charge on any atom is 0.123 e. The molecule has 0 bridgehead atoms. The van der Waals surface area contributed by atoms with E-state index in [0.29, 0.717) is 13.2 Å². The second-order valence-electron chi connectivity index (χ2n) is 5.38. The van der Waals surface area contributed by atoms with Crippen LogP contribution in [0.3, 0.4) is 0 Å². The van der Waals surface area contributed by atoms with Crippen molar-refractivity contribution in [2.24, 2.45) is 5.73 Å². The van der Waals surface area contributed by atoms with Gasteiger partial charge in [0.25, 0.3) is 0 Å². The summed E-state index contributed by atoms with van der Waals surface area (Å²) in [6, 6.07) is 16.6. The van der Waals surface area contributed by atoms with Gasteiger partial charge in [-0.25, -0.2) is 0 Å². The number of nitrogens with two attached hydrogens (primary N) is 1. The normalized spacial score (nSPS) is 10.9. The molecule has 2 rings (SSSR count). The van der Waals surface area contributed by atoms with E-state index < -0.39 is 0 Å². The van der Waals surface area contributed by atoms with Gasteiger partial charge in [-0.2, -0.15) is 0 Å². The van der Waals surface area contributed by atoms with Crippen LogP contribution < -0.4 is 10.5 Å². The number of rotatable bonds is 7. The van der Waals surface area contributed by atoms with Gasteiger partial charge >= 0.3 is 0 Å². The van der Waals surface area contributed by atoms with Crippen molar-refractivity contribution in [3.63, 3.8) is 0 Å². The van der Waals surface area contributed by atoms with Gasteiger partial charge in [-0.05, 0) is 25.6 Å². The molecule has 0 heterocycles. The van der Waals surface area contributed by atoms with Gasteiger partial charge in [0.15, 0.2) is 0 Å². The number of nitrogens with zero attached hydrogens (tertiary/aromatic N) is 1. The summed E-state index contributed by atoms with van der Waals surface area (Å²) < 4.78 is 5.83. The number of benzene rings is 2. The van der Waals surface area contributed by atoms with E-state index in [0.717, 1.165) is 24.4 Å². The van der Waals surface area contributed by atoms with Gasteiger partial charge in [0.1, 0.15) is 12.4 Å². The van der Waals surface area contributed by atoms with E-state index in [-0.39, 0.29) is 0 Å². The molecule has 0 aliphatic rings. The highest BCUT2D eigenvalue weighted by molar-refractivity contribution is 5.32. The number of hydrogen-bond donors (Lipinski definition) is 1. The fraction of sp³-hybridized carbons (Fsp3) is 0.333. The quantitative estimate of drug-likeness (QED) is 0.849. The summed E-state index contributed by atoms with van der Waals surface area (Å²) in [5.41, 5.74) is 9.38. The highest BCUT2D eigenvalue weighted by atomic mass is 16.5. The van der Waals surface area contributed by atoms with E-state index in [1.807, 2.05) is 24.3 Å². The summed E-state index contributed by atoms with van der Waals surface area (Å²) in [5.74, 6) is 0.892. The third kappa shape index (κ3) is 4.88. The molecule has 2 aromatic rings. The molecule has 2 aromatic carbocycles. The highest BCUT2D eigenvalue weighted by Gasteiger charge is 2.03. The van der Waals surface area contributed by atoms with Crippen molar-refractivity contribution in [2.45, 2.75) is 20.0 Å². The molecule has 21 heavy (non-hydrogen) atoms. The van der Waals surface area contributed by atoms with Crippen LogP contribution in [0.1, 0.15) is 16.7 Å². The first kappa shape index (κ1) is 15.5. The molecule has 0 spiro atoms. The molecule has 0 aromatic heterocycles. The molecule has 0 amide bonds. The Kier molecular flexibility index (Phi) is 5.78. The maximum atomic E-state index is 5.83. The zero-order chi connectivity index (χ0) is 15.1. The van der Waals surface area contributed by atoms with Gasteiger partial charge in [0, 0.05) is 25.2 Å². The van der Waals surface area contributed by atoms with E-state index in [1.54, 1.807) is 0 Å². The SMILES string of the molecule is Cc1ccc(CN(C)CCOc2ccccc2CN)cc1. The summed E-state index contributed by atoms with van der Waals surface area (Å²) in [6.07, 6.45) is 0. The number of ether oxygens (including phenoxy) is 1. The maximum absolute atomic E-state index is 5.83. The molecule has 0 radical (unpaired) electrons. The lowest BCUT2D eigenvalue weighted by Crippen LogP contribution is -2.24. The van der Waals surface area contributed by atoms with Crippen LogP contribution in [0.5, 0.6) is 5.75 Å². The third-order valence-electron chi connectivity index (χ3n) is 3.50. The Balaban J connectivity index is 1.79. The molecule has 3 nitrogen and oxygen atoms in total. The highest BCUT2D eigenvalue weighted by Crippen LogP contribution is 2.16. The van der Waals surface area contributed by atoms with Crippen LogP contribution in [-0.2, 0) is 13.1 Å². The van der Waals surface area contributed by atoms with E-state index in [1.165, 1.54) is 11.1 Å². The summed E-state index contributed by atoms with van der Waals surface area (Å²) in [5, 5.41) is 0. The van der Waals surface area contributed by atoms with Crippen LogP contribution in [0.4, 0.5) is 0 Å². The standard InChI is InChI=1S/C18H24N2O/c1-15-7-9-16(10-8-15)14-20(2)11-12-21-18-6-4-3-5-17(18)13-19/h3-10H,11-14,19H2,1-2H3. The van der Waals surface area contributed by atoms with Crippen LogP contribution >= 0.6 is 0 Å². The van der Waals surface area contributed by atoms with Gasteiger partial charge in [-0.3, -0.25) is 4.90 Å². The van der Waals surface area contributed by atoms with Crippen molar-refractivity contribution < 1.29 is 4.74 Å². The third-order valence-corrected chi connectivity index (χ3v) is 3.50. The molecule has 0 unspecified atom stereocenters. The Labute approximate surface area is 127 Å². The van der Waals surface area contributed by atoms with E-state index in [4.69, 9.17) is 10.5 Å². The lowest BCUT2D eigenvalue weighted by Gasteiger charge is -2.18. The van der Waals surface area contributed by atoms with Crippen molar-refractivity contribution in [3.8, 4) is 5.75 Å². The van der Waals surface area contributed by atoms with E-state index >= 15 is 0 Å². The predicted octanol–water partition coefficient (Wildman–Crippen LogP) is 2.96. The number of likely N-dealkylation sites (N-methyl/N-ethyl adjacent to an activating group) is 1. The second-order valence-corrected chi connectivity index (χ2v) is 5.38. The van der Waals surface area contributed by atoms with Gasteiger partial charge in [0.2, 0.25) is 0 Å². The second kappa shape index (κ2) is 7.81.